The lowest BCUT2D eigenvalue weighted by atomic mass is 9.91. The summed E-state index contributed by atoms with van der Waals surface area (Å²) in [5.74, 6) is -0.0560. The molecule has 16 nitrogen and oxygen atoms in total. The first-order valence-corrected chi connectivity index (χ1v) is 26.7. The summed E-state index contributed by atoms with van der Waals surface area (Å²) in [6.07, 6.45) is 7.98. The Morgan fingerprint density at radius 1 is 0.971 bits per heavy atom. The van der Waals surface area contributed by atoms with Crippen molar-refractivity contribution in [1.82, 2.24) is 38.5 Å². The number of H-pyrrole nitrogens is 1. The quantitative estimate of drug-likeness (QED) is 0.0760. The van der Waals surface area contributed by atoms with E-state index in [0.717, 1.165) is 36.6 Å². The number of anilines is 1. The van der Waals surface area contributed by atoms with Gasteiger partial charge in [0.15, 0.2) is 5.82 Å². The molecule has 70 heavy (non-hydrogen) atoms. The van der Waals surface area contributed by atoms with Crippen molar-refractivity contribution < 1.29 is 28.1 Å². The predicted octanol–water partition coefficient (Wildman–Crippen LogP) is 7.81. The van der Waals surface area contributed by atoms with Gasteiger partial charge in [0.1, 0.15) is 36.2 Å². The van der Waals surface area contributed by atoms with E-state index in [2.05, 4.69) is 40.6 Å². The van der Waals surface area contributed by atoms with Crippen molar-refractivity contribution in [3.05, 3.63) is 133 Å². The van der Waals surface area contributed by atoms with E-state index in [1.807, 2.05) is 36.3 Å². The maximum Gasteiger partial charge on any atom is 0.438 e. The summed E-state index contributed by atoms with van der Waals surface area (Å²) < 4.78 is 46.9. The molecule has 2 aliphatic carbocycles. The van der Waals surface area contributed by atoms with Crippen molar-refractivity contribution in [1.29, 1.82) is 0 Å². The number of aliphatic hydroxyl groups is 1. The van der Waals surface area contributed by atoms with E-state index < -0.39 is 36.4 Å². The topological polar surface area (TPSA) is 187 Å². The van der Waals surface area contributed by atoms with Gasteiger partial charge < -0.3 is 29.2 Å². The van der Waals surface area contributed by atoms with Gasteiger partial charge in [-0.2, -0.15) is 5.10 Å². The van der Waals surface area contributed by atoms with E-state index >= 15 is 14.0 Å². The fourth-order valence-corrected chi connectivity index (χ4v) is 13.4. The molecule has 11 rings (SSSR count). The summed E-state index contributed by atoms with van der Waals surface area (Å²) in [6.45, 7) is 12.9. The number of hydrogen-bond acceptors (Lipinski definition) is 10. The van der Waals surface area contributed by atoms with Crippen LogP contribution in [0.1, 0.15) is 116 Å². The van der Waals surface area contributed by atoms with Crippen molar-refractivity contribution in [3.63, 3.8) is 0 Å². The molecular formula is C52H59FN9O7P. The summed E-state index contributed by atoms with van der Waals surface area (Å²) in [5.41, 5.74) is 4.93. The van der Waals surface area contributed by atoms with Crippen molar-refractivity contribution in [2.45, 2.75) is 104 Å². The predicted molar refractivity (Wildman–Crippen MR) is 264 cm³/mol. The molecule has 3 fully saturated rings. The molecule has 366 valence electrons. The number of ether oxygens (including phenoxy) is 1. The average Bonchev–Trinajstić information content (AvgIpc) is 4.09. The Labute approximate surface area is 403 Å². The number of rotatable bonds is 13. The van der Waals surface area contributed by atoms with Crippen LogP contribution in [0, 0.1) is 31.5 Å². The Hall–Kier alpha value is -6.29. The zero-order chi connectivity index (χ0) is 49.0. The SMILES string of the molecule is CCP(=O)(CC)c1ccc(-n2ccn(-c3c4c(nn3-c3cc(C)c(F)c(C)c3)CCN(C(=O)c3cc5cc(C6CCOCC6)ccc5n3[C@@]3(c5noc(=O)[nH]5)C[C@@H]3C)[C@H]4C)c2=O)cc1NC(O)C1CC1. The number of nitrogens with zero attached hydrogens (tertiary/aromatic N) is 7. The number of aromatic nitrogens is 7. The number of imidazole rings is 1. The second-order valence-corrected chi connectivity index (χ2v) is 23.5. The number of benzene rings is 3. The normalized spacial score (nSPS) is 21.1. The molecule has 4 aliphatic rings. The minimum atomic E-state index is -2.81. The smallest absolute Gasteiger partial charge is 0.381 e. The maximum atomic E-state index is 15.6. The van der Waals surface area contributed by atoms with Gasteiger partial charge in [-0.15, -0.1) is 0 Å². The number of carbonyl (C=O) groups excluding carboxylic acids is 1. The van der Waals surface area contributed by atoms with Crippen LogP contribution in [-0.4, -0.2) is 87.8 Å². The lowest BCUT2D eigenvalue weighted by molar-refractivity contribution is 0.0663. The van der Waals surface area contributed by atoms with Crippen LogP contribution in [0.3, 0.4) is 0 Å². The highest BCUT2D eigenvalue weighted by molar-refractivity contribution is 7.71. The molecule has 0 radical (unpaired) electrons. The fraction of sp³-hybridized carbons (Fsp3) is 0.442. The molecule has 2 saturated carbocycles. The third-order valence-corrected chi connectivity index (χ3v) is 19.0. The van der Waals surface area contributed by atoms with Crippen molar-refractivity contribution in [2.75, 3.05) is 37.4 Å². The van der Waals surface area contributed by atoms with Gasteiger partial charge in [-0.25, -0.2) is 18.7 Å². The summed E-state index contributed by atoms with van der Waals surface area (Å²) in [7, 11) is -2.81. The van der Waals surface area contributed by atoms with Crippen LogP contribution in [0.5, 0.6) is 0 Å². The van der Waals surface area contributed by atoms with Crippen LogP contribution < -0.4 is 22.1 Å². The minimum absolute atomic E-state index is 0.00782. The monoisotopic (exact) mass is 971 g/mol. The highest BCUT2D eigenvalue weighted by Gasteiger charge is 2.59. The van der Waals surface area contributed by atoms with Gasteiger partial charge in [-0.1, -0.05) is 32.0 Å². The fourth-order valence-electron chi connectivity index (χ4n) is 11.3. The average molecular weight is 972 g/mol. The van der Waals surface area contributed by atoms with Crippen LogP contribution in [-0.2, 0) is 21.3 Å². The molecule has 0 spiro atoms. The second kappa shape index (κ2) is 17.2. The molecule has 1 amide bonds. The number of halogens is 1. The summed E-state index contributed by atoms with van der Waals surface area (Å²) >= 11 is 0. The molecule has 2 aliphatic heterocycles. The molecule has 7 aromatic rings. The van der Waals surface area contributed by atoms with Gasteiger partial charge >= 0.3 is 11.4 Å². The van der Waals surface area contributed by atoms with E-state index in [1.165, 1.54) is 14.7 Å². The molecule has 1 unspecified atom stereocenters. The van der Waals surface area contributed by atoms with Crippen LogP contribution in [0.4, 0.5) is 10.1 Å². The number of carbonyl (C=O) groups is 1. The lowest BCUT2D eigenvalue weighted by Gasteiger charge is -2.34. The zero-order valence-electron chi connectivity index (χ0n) is 40.4. The zero-order valence-corrected chi connectivity index (χ0v) is 41.3. The lowest BCUT2D eigenvalue weighted by Crippen LogP contribution is -2.41. The molecule has 3 aromatic carbocycles. The molecule has 0 bridgehead atoms. The van der Waals surface area contributed by atoms with Crippen LogP contribution >= 0.6 is 7.14 Å². The third kappa shape index (κ3) is 7.45. The number of aromatic amines is 1. The Bertz CT molecular complexity index is 3360. The van der Waals surface area contributed by atoms with Crippen molar-refractivity contribution >= 4 is 34.9 Å². The summed E-state index contributed by atoms with van der Waals surface area (Å²) in [5, 5.41) is 25.1. The first-order valence-electron chi connectivity index (χ1n) is 24.6. The maximum absolute atomic E-state index is 15.6. The van der Waals surface area contributed by atoms with E-state index in [-0.39, 0.29) is 23.6 Å². The number of aryl methyl sites for hydroxylation is 2. The molecule has 18 heteroatoms. The number of amides is 1. The van der Waals surface area contributed by atoms with Gasteiger partial charge in [-0.3, -0.25) is 23.4 Å². The second-order valence-electron chi connectivity index (χ2n) is 19.9. The van der Waals surface area contributed by atoms with E-state index in [9.17, 15) is 14.5 Å². The Morgan fingerprint density at radius 2 is 1.69 bits per heavy atom. The van der Waals surface area contributed by atoms with E-state index in [0.29, 0.717) is 113 Å². The van der Waals surface area contributed by atoms with Gasteiger partial charge in [0.25, 0.3) is 5.91 Å². The standard InChI is InChI=1S/C52H59FN9O7P/c1-7-70(67,8-2)43-14-12-37(27-40(43)54-46(63)34-9-10-34)59-19-20-60(51(59)66)47-44-32(6)58(18-15-39(44)56-62(47)38-23-29(3)45(53)30(4)24-38)48(64)42-26-36-25-35(33-16-21-68-22-17-33)11-13-41(36)61(42)52(28-31(52)5)49-55-50(65)69-57-49/h11-14,19-20,23-27,31-34,46,54,63H,7-10,15-18,21-22,28H2,1-6H3,(H,55,57,65)/t31-,32-,46?,52-/m0/s1. The Kier molecular flexibility index (Phi) is 11.4. The number of fused-ring (bicyclic) bond motifs is 2. The Balaban J connectivity index is 1.04. The molecule has 4 atom stereocenters. The first-order chi connectivity index (χ1) is 33.6. The van der Waals surface area contributed by atoms with Crippen LogP contribution in [0.15, 0.2) is 81.1 Å². The van der Waals surface area contributed by atoms with E-state index in [1.54, 1.807) is 61.3 Å². The highest BCUT2D eigenvalue weighted by atomic mass is 31.2. The summed E-state index contributed by atoms with van der Waals surface area (Å²) in [4.78, 5) is 47.7. The van der Waals surface area contributed by atoms with Gasteiger partial charge in [-0.05, 0) is 130 Å². The molecule has 6 heterocycles. The van der Waals surface area contributed by atoms with Gasteiger partial charge in [0.05, 0.1) is 23.1 Å². The largest absolute Gasteiger partial charge is 0.438 e. The molecule has 4 aromatic heterocycles. The van der Waals surface area contributed by atoms with Crippen LogP contribution in [0.25, 0.3) is 28.1 Å². The molecule has 3 N–H and O–H groups in total. The van der Waals surface area contributed by atoms with Crippen LogP contribution in [0.2, 0.25) is 0 Å². The van der Waals surface area contributed by atoms with Gasteiger partial charge in [0, 0.05) is 84.3 Å². The Morgan fingerprint density at radius 3 is 2.34 bits per heavy atom. The first kappa shape index (κ1) is 46.1. The number of hydrogen-bond donors (Lipinski definition) is 3. The molecular weight excluding hydrogens is 913 g/mol. The molecule has 1 saturated heterocycles. The van der Waals surface area contributed by atoms with E-state index in [4.69, 9.17) is 14.4 Å². The highest BCUT2D eigenvalue weighted by Crippen LogP contribution is 2.56. The van der Waals surface area contributed by atoms with Gasteiger partial charge in [0.2, 0.25) is 0 Å². The van der Waals surface area contributed by atoms with Crippen molar-refractivity contribution in [3.8, 4) is 17.2 Å². The van der Waals surface area contributed by atoms with Crippen molar-refractivity contribution in [2.24, 2.45) is 11.8 Å². The third-order valence-electron chi connectivity index (χ3n) is 15.7. The summed E-state index contributed by atoms with van der Waals surface area (Å²) in [6, 6.07) is 16.5. The number of aliphatic hydroxyl groups excluding tert-OH is 1. The number of nitrogens with one attached hydrogen (secondary N) is 2. The minimum Gasteiger partial charge on any atom is -0.381 e.